The van der Waals surface area contributed by atoms with Crippen LogP contribution in [0.15, 0.2) is 0 Å². The fourth-order valence-corrected chi connectivity index (χ4v) is 3.34. The zero-order valence-electron chi connectivity index (χ0n) is 9.75. The average molecular weight is 212 g/mol. The minimum Gasteiger partial charge on any atom is -0.396 e. The molecule has 86 valence electrons. The number of rotatable bonds is 3. The van der Waals surface area contributed by atoms with Gasteiger partial charge < -0.3 is 14.7 Å². The standard InChI is InChI=1S/C12H20O3/c1-10(7-13)4-11(2,8-14)6-12(3,5-10)9-15/h7-8,15H,4-6,9H2,1-3H3. The summed E-state index contributed by atoms with van der Waals surface area (Å²) >= 11 is 0. The molecule has 0 aliphatic heterocycles. The van der Waals surface area contributed by atoms with E-state index in [-0.39, 0.29) is 12.0 Å². The van der Waals surface area contributed by atoms with Crippen LogP contribution in [0.4, 0.5) is 0 Å². The van der Waals surface area contributed by atoms with Gasteiger partial charge in [-0.3, -0.25) is 0 Å². The van der Waals surface area contributed by atoms with Crippen LogP contribution in [0.3, 0.4) is 0 Å². The molecule has 1 fully saturated rings. The van der Waals surface area contributed by atoms with Crippen molar-refractivity contribution in [1.29, 1.82) is 0 Å². The lowest BCUT2D eigenvalue weighted by Crippen LogP contribution is -2.45. The van der Waals surface area contributed by atoms with Gasteiger partial charge in [0, 0.05) is 17.4 Å². The van der Waals surface area contributed by atoms with Gasteiger partial charge in [-0.25, -0.2) is 0 Å². The summed E-state index contributed by atoms with van der Waals surface area (Å²) in [5.41, 5.74) is -1.28. The van der Waals surface area contributed by atoms with Crippen LogP contribution in [0.1, 0.15) is 40.0 Å². The summed E-state index contributed by atoms with van der Waals surface area (Å²) in [6.07, 6.45) is 3.76. The van der Waals surface area contributed by atoms with Crippen LogP contribution in [0, 0.1) is 16.2 Å². The Kier molecular flexibility index (Phi) is 3.06. The molecule has 0 aromatic carbocycles. The molecular formula is C12H20O3. The van der Waals surface area contributed by atoms with E-state index in [1.807, 2.05) is 20.8 Å². The minimum atomic E-state index is -0.481. The Morgan fingerprint density at radius 1 is 1.00 bits per heavy atom. The lowest BCUT2D eigenvalue weighted by molar-refractivity contribution is -0.132. The number of carbonyl (C=O) groups is 2. The zero-order valence-corrected chi connectivity index (χ0v) is 9.75. The normalized spacial score (nSPS) is 46.1. The van der Waals surface area contributed by atoms with Crippen molar-refractivity contribution >= 4 is 12.6 Å². The van der Waals surface area contributed by atoms with Crippen molar-refractivity contribution in [3.63, 3.8) is 0 Å². The van der Waals surface area contributed by atoms with E-state index in [0.717, 1.165) is 12.6 Å². The molecule has 1 aliphatic rings. The minimum absolute atomic E-state index is 0.0276. The molecule has 3 nitrogen and oxygen atoms in total. The second kappa shape index (κ2) is 3.71. The molecule has 3 heteroatoms. The molecule has 0 radical (unpaired) electrons. The van der Waals surface area contributed by atoms with E-state index in [2.05, 4.69) is 0 Å². The number of hydrogen-bond acceptors (Lipinski definition) is 3. The van der Waals surface area contributed by atoms with Gasteiger partial charge in [0.25, 0.3) is 0 Å². The molecule has 1 aliphatic carbocycles. The monoisotopic (exact) mass is 212 g/mol. The van der Waals surface area contributed by atoms with Gasteiger partial charge in [-0.1, -0.05) is 20.8 Å². The van der Waals surface area contributed by atoms with E-state index in [4.69, 9.17) is 0 Å². The smallest absolute Gasteiger partial charge is 0.125 e. The van der Waals surface area contributed by atoms with Crippen molar-refractivity contribution in [1.82, 2.24) is 0 Å². The molecule has 1 saturated carbocycles. The van der Waals surface area contributed by atoms with Crippen LogP contribution in [-0.2, 0) is 9.59 Å². The first-order chi connectivity index (χ1) is 6.80. The summed E-state index contributed by atoms with van der Waals surface area (Å²) in [7, 11) is 0. The molecule has 0 heterocycles. The zero-order chi connectivity index (χ0) is 11.7. The maximum Gasteiger partial charge on any atom is 0.125 e. The van der Waals surface area contributed by atoms with Gasteiger partial charge in [-0.15, -0.1) is 0 Å². The van der Waals surface area contributed by atoms with E-state index in [0.29, 0.717) is 19.3 Å². The van der Waals surface area contributed by atoms with Crippen LogP contribution in [0.25, 0.3) is 0 Å². The molecule has 0 aromatic heterocycles. The quantitative estimate of drug-likeness (QED) is 0.723. The Morgan fingerprint density at radius 2 is 1.40 bits per heavy atom. The highest BCUT2D eigenvalue weighted by molar-refractivity contribution is 5.65. The number of aldehydes is 2. The topological polar surface area (TPSA) is 54.4 Å². The van der Waals surface area contributed by atoms with Crippen LogP contribution in [0.2, 0.25) is 0 Å². The Hall–Kier alpha value is -0.700. The number of aliphatic hydroxyl groups excluding tert-OH is 1. The van der Waals surface area contributed by atoms with Gasteiger partial charge in [0.1, 0.15) is 12.6 Å². The predicted molar refractivity (Wildman–Crippen MR) is 57.4 cm³/mol. The van der Waals surface area contributed by atoms with E-state index in [1.165, 1.54) is 0 Å². The lowest BCUT2D eigenvalue weighted by Gasteiger charge is -2.48. The van der Waals surface area contributed by atoms with Crippen LogP contribution < -0.4 is 0 Å². The summed E-state index contributed by atoms with van der Waals surface area (Å²) in [6, 6.07) is 0. The summed E-state index contributed by atoms with van der Waals surface area (Å²) in [5.74, 6) is 0. The van der Waals surface area contributed by atoms with Crippen molar-refractivity contribution in [3.05, 3.63) is 0 Å². The van der Waals surface area contributed by atoms with E-state index in [9.17, 15) is 14.7 Å². The van der Waals surface area contributed by atoms with Crippen molar-refractivity contribution < 1.29 is 14.7 Å². The van der Waals surface area contributed by atoms with Crippen LogP contribution >= 0.6 is 0 Å². The van der Waals surface area contributed by atoms with Gasteiger partial charge in [0.05, 0.1) is 0 Å². The van der Waals surface area contributed by atoms with E-state index < -0.39 is 10.8 Å². The fourth-order valence-electron chi connectivity index (χ4n) is 3.34. The second-order valence-corrected chi connectivity index (χ2v) is 6.04. The molecule has 1 N–H and O–H groups in total. The molecule has 0 saturated heterocycles. The van der Waals surface area contributed by atoms with Crippen LogP contribution in [0.5, 0.6) is 0 Å². The number of hydrogen-bond donors (Lipinski definition) is 1. The Morgan fingerprint density at radius 3 is 1.67 bits per heavy atom. The molecule has 15 heavy (non-hydrogen) atoms. The fraction of sp³-hybridized carbons (Fsp3) is 0.833. The first-order valence-electron chi connectivity index (χ1n) is 5.34. The molecule has 0 spiro atoms. The molecule has 2 atom stereocenters. The SMILES string of the molecule is CC1(C=O)CC(C)(C=O)CC(C)(CO)C1. The summed E-state index contributed by atoms with van der Waals surface area (Å²) < 4.78 is 0. The molecule has 0 aromatic rings. The third-order valence-corrected chi connectivity index (χ3v) is 3.42. The van der Waals surface area contributed by atoms with Crippen LogP contribution in [-0.4, -0.2) is 24.3 Å². The number of aliphatic hydroxyl groups is 1. The highest BCUT2D eigenvalue weighted by atomic mass is 16.3. The summed E-state index contributed by atoms with van der Waals surface area (Å²) in [4.78, 5) is 22.2. The summed E-state index contributed by atoms with van der Waals surface area (Å²) in [6.45, 7) is 5.71. The third-order valence-electron chi connectivity index (χ3n) is 3.42. The van der Waals surface area contributed by atoms with Crippen molar-refractivity contribution in [2.45, 2.75) is 40.0 Å². The Bertz CT molecular complexity index is 252. The van der Waals surface area contributed by atoms with Crippen molar-refractivity contribution in [2.75, 3.05) is 6.61 Å². The average Bonchev–Trinajstić information content (AvgIpc) is 2.16. The number of carbonyl (C=O) groups excluding carboxylic acids is 2. The third kappa shape index (κ3) is 2.46. The van der Waals surface area contributed by atoms with E-state index in [1.54, 1.807) is 0 Å². The van der Waals surface area contributed by atoms with Gasteiger partial charge in [-0.2, -0.15) is 0 Å². The molecule has 1 rings (SSSR count). The summed E-state index contributed by atoms with van der Waals surface area (Å²) in [5, 5.41) is 9.37. The van der Waals surface area contributed by atoms with E-state index >= 15 is 0 Å². The van der Waals surface area contributed by atoms with Gasteiger partial charge in [-0.05, 0) is 24.7 Å². The van der Waals surface area contributed by atoms with Gasteiger partial charge in [0.15, 0.2) is 0 Å². The second-order valence-electron chi connectivity index (χ2n) is 6.04. The first kappa shape index (κ1) is 12.4. The lowest BCUT2D eigenvalue weighted by atomic mass is 9.55. The highest BCUT2D eigenvalue weighted by Crippen LogP contribution is 2.52. The largest absolute Gasteiger partial charge is 0.396 e. The Balaban J connectivity index is 3.02. The van der Waals surface area contributed by atoms with Gasteiger partial charge >= 0.3 is 0 Å². The molecule has 0 bridgehead atoms. The maximum atomic E-state index is 11.1. The van der Waals surface area contributed by atoms with Gasteiger partial charge in [0.2, 0.25) is 0 Å². The molecule has 0 amide bonds. The maximum absolute atomic E-state index is 11.1. The molecule has 2 unspecified atom stereocenters. The highest BCUT2D eigenvalue weighted by Gasteiger charge is 2.48. The Labute approximate surface area is 90.9 Å². The molecular weight excluding hydrogens is 192 g/mol. The van der Waals surface area contributed by atoms with Crippen molar-refractivity contribution in [3.8, 4) is 0 Å². The predicted octanol–water partition coefficient (Wildman–Crippen LogP) is 1.58. The first-order valence-corrected chi connectivity index (χ1v) is 5.34. The van der Waals surface area contributed by atoms with Crippen molar-refractivity contribution in [2.24, 2.45) is 16.2 Å².